The third kappa shape index (κ3) is 2.49. The maximum Gasteiger partial charge on any atom is 0.226 e. The Morgan fingerprint density at radius 2 is 2.32 bits per heavy atom. The molecule has 1 aliphatic rings. The van der Waals surface area contributed by atoms with Gasteiger partial charge in [-0.1, -0.05) is 0 Å². The first kappa shape index (κ1) is 11.9. The van der Waals surface area contributed by atoms with Crippen LogP contribution in [0.5, 0.6) is 5.88 Å². The Morgan fingerprint density at radius 1 is 1.42 bits per heavy atom. The summed E-state index contributed by atoms with van der Waals surface area (Å²) in [6.07, 6.45) is 3.60. The monoisotopic (exact) mass is 260 g/mol. The molecule has 0 radical (unpaired) electrons. The third-order valence-electron chi connectivity index (χ3n) is 3.14. The van der Waals surface area contributed by atoms with E-state index in [0.717, 1.165) is 31.0 Å². The van der Waals surface area contributed by atoms with Crippen LogP contribution in [-0.4, -0.2) is 37.9 Å². The van der Waals surface area contributed by atoms with E-state index in [-0.39, 0.29) is 6.04 Å². The largest absolute Gasteiger partial charge is 0.481 e. The standard InChI is InChI=1S/C12H16N6O/c1-8-14-10-4-3-9(7-18(10)17-8)15-12-13-6-5-11(16-12)19-2/h5-6,9H,3-4,7H2,1-2H3,(H,13,15,16)/t9-/m1/s1. The van der Waals surface area contributed by atoms with Crippen LogP contribution in [0.3, 0.4) is 0 Å². The maximum atomic E-state index is 5.08. The number of methoxy groups -OCH3 is 1. The molecule has 7 nitrogen and oxygen atoms in total. The van der Waals surface area contributed by atoms with Crippen molar-refractivity contribution >= 4 is 5.95 Å². The number of aryl methyl sites for hydroxylation is 2. The number of hydrogen-bond donors (Lipinski definition) is 1. The average Bonchev–Trinajstić information content (AvgIpc) is 2.78. The second-order valence-corrected chi connectivity index (χ2v) is 4.56. The molecule has 3 rings (SSSR count). The molecule has 0 fully saturated rings. The summed E-state index contributed by atoms with van der Waals surface area (Å²) in [6.45, 7) is 2.70. The van der Waals surface area contributed by atoms with E-state index in [2.05, 4.69) is 25.4 Å². The van der Waals surface area contributed by atoms with E-state index in [1.54, 1.807) is 19.4 Å². The Labute approximate surface area is 111 Å². The highest BCUT2D eigenvalue weighted by atomic mass is 16.5. The zero-order valence-electron chi connectivity index (χ0n) is 11.0. The molecule has 2 aromatic rings. The lowest BCUT2D eigenvalue weighted by Gasteiger charge is -2.23. The molecular weight excluding hydrogens is 244 g/mol. The van der Waals surface area contributed by atoms with Crippen LogP contribution in [0, 0.1) is 6.92 Å². The molecule has 0 saturated carbocycles. The highest BCUT2D eigenvalue weighted by Crippen LogP contribution is 2.16. The predicted octanol–water partition coefficient (Wildman–Crippen LogP) is 0.812. The van der Waals surface area contributed by atoms with Gasteiger partial charge in [-0.25, -0.2) is 14.6 Å². The first-order valence-corrected chi connectivity index (χ1v) is 6.28. The number of ether oxygens (including phenoxy) is 1. The Morgan fingerprint density at radius 3 is 3.16 bits per heavy atom. The molecular formula is C12H16N6O. The fraction of sp³-hybridized carbons (Fsp3) is 0.500. The van der Waals surface area contributed by atoms with Gasteiger partial charge in [-0.05, 0) is 13.3 Å². The summed E-state index contributed by atoms with van der Waals surface area (Å²) in [5.74, 6) is 3.03. The van der Waals surface area contributed by atoms with Crippen molar-refractivity contribution < 1.29 is 4.74 Å². The Kier molecular flexibility index (Phi) is 3.02. The summed E-state index contributed by atoms with van der Waals surface area (Å²) >= 11 is 0. The van der Waals surface area contributed by atoms with Gasteiger partial charge in [0.25, 0.3) is 0 Å². The summed E-state index contributed by atoms with van der Waals surface area (Å²) in [4.78, 5) is 12.8. The molecule has 1 aliphatic heterocycles. The summed E-state index contributed by atoms with van der Waals surface area (Å²) in [7, 11) is 1.59. The van der Waals surface area contributed by atoms with Crippen molar-refractivity contribution in [3.8, 4) is 5.88 Å². The molecule has 3 heterocycles. The number of hydrogen-bond acceptors (Lipinski definition) is 6. The van der Waals surface area contributed by atoms with Gasteiger partial charge >= 0.3 is 0 Å². The normalized spacial score (nSPS) is 17.9. The van der Waals surface area contributed by atoms with E-state index in [1.165, 1.54) is 0 Å². The van der Waals surface area contributed by atoms with Crippen LogP contribution >= 0.6 is 0 Å². The Bertz CT molecular complexity index is 581. The van der Waals surface area contributed by atoms with Crippen molar-refractivity contribution in [2.75, 3.05) is 12.4 Å². The molecule has 0 saturated heterocycles. The fourth-order valence-corrected chi connectivity index (χ4v) is 2.26. The summed E-state index contributed by atoms with van der Waals surface area (Å²) in [5, 5.41) is 7.69. The summed E-state index contributed by atoms with van der Waals surface area (Å²) in [6, 6.07) is 1.99. The second-order valence-electron chi connectivity index (χ2n) is 4.56. The number of rotatable bonds is 3. The lowest BCUT2D eigenvalue weighted by molar-refractivity contribution is 0.396. The van der Waals surface area contributed by atoms with Gasteiger partial charge in [0.05, 0.1) is 13.7 Å². The van der Waals surface area contributed by atoms with Crippen LogP contribution in [0.1, 0.15) is 18.1 Å². The molecule has 0 aromatic carbocycles. The predicted molar refractivity (Wildman–Crippen MR) is 69.1 cm³/mol. The van der Waals surface area contributed by atoms with Gasteiger partial charge in [0, 0.05) is 24.7 Å². The van der Waals surface area contributed by atoms with Crippen LogP contribution < -0.4 is 10.1 Å². The van der Waals surface area contributed by atoms with Crippen molar-refractivity contribution in [3.63, 3.8) is 0 Å². The maximum absolute atomic E-state index is 5.08. The number of nitrogens with one attached hydrogen (secondary N) is 1. The molecule has 0 aliphatic carbocycles. The van der Waals surface area contributed by atoms with Gasteiger partial charge in [-0.2, -0.15) is 10.1 Å². The van der Waals surface area contributed by atoms with Gasteiger partial charge in [-0.15, -0.1) is 0 Å². The first-order chi connectivity index (χ1) is 9.24. The van der Waals surface area contributed by atoms with E-state index in [9.17, 15) is 0 Å². The minimum Gasteiger partial charge on any atom is -0.481 e. The number of fused-ring (bicyclic) bond motifs is 1. The van der Waals surface area contributed by atoms with Crippen molar-refractivity contribution in [3.05, 3.63) is 23.9 Å². The minimum absolute atomic E-state index is 0.265. The van der Waals surface area contributed by atoms with E-state index < -0.39 is 0 Å². The topological polar surface area (TPSA) is 77.8 Å². The van der Waals surface area contributed by atoms with Crippen molar-refractivity contribution in [1.82, 2.24) is 24.7 Å². The number of anilines is 1. The molecule has 100 valence electrons. The van der Waals surface area contributed by atoms with E-state index in [4.69, 9.17) is 4.74 Å². The summed E-state index contributed by atoms with van der Waals surface area (Å²) < 4.78 is 7.04. The molecule has 0 amide bonds. The number of nitrogens with zero attached hydrogens (tertiary/aromatic N) is 5. The zero-order valence-corrected chi connectivity index (χ0v) is 11.0. The van der Waals surface area contributed by atoms with Crippen LogP contribution in [0.15, 0.2) is 12.3 Å². The molecule has 2 aromatic heterocycles. The van der Waals surface area contributed by atoms with Gasteiger partial charge in [0.2, 0.25) is 11.8 Å². The molecule has 7 heteroatoms. The SMILES string of the molecule is COc1ccnc(N[C@@H]2CCc3nc(C)nn3C2)n1. The third-order valence-corrected chi connectivity index (χ3v) is 3.14. The molecule has 1 N–H and O–H groups in total. The van der Waals surface area contributed by atoms with E-state index in [1.807, 2.05) is 11.6 Å². The van der Waals surface area contributed by atoms with Crippen LogP contribution in [-0.2, 0) is 13.0 Å². The first-order valence-electron chi connectivity index (χ1n) is 6.28. The fourth-order valence-electron chi connectivity index (χ4n) is 2.26. The van der Waals surface area contributed by atoms with Crippen LogP contribution in [0.4, 0.5) is 5.95 Å². The minimum atomic E-state index is 0.265. The lowest BCUT2D eigenvalue weighted by atomic mass is 10.1. The van der Waals surface area contributed by atoms with Crippen molar-refractivity contribution in [2.45, 2.75) is 32.4 Å². The van der Waals surface area contributed by atoms with Crippen LogP contribution in [0.2, 0.25) is 0 Å². The lowest BCUT2D eigenvalue weighted by Crippen LogP contribution is -2.32. The van der Waals surface area contributed by atoms with Gasteiger partial charge in [0.1, 0.15) is 11.6 Å². The molecule has 0 spiro atoms. The zero-order chi connectivity index (χ0) is 13.2. The number of aromatic nitrogens is 5. The Hall–Kier alpha value is -2.18. The average molecular weight is 260 g/mol. The molecule has 0 bridgehead atoms. The summed E-state index contributed by atoms with van der Waals surface area (Å²) in [5.41, 5.74) is 0. The molecule has 1 atom stereocenters. The molecule has 19 heavy (non-hydrogen) atoms. The van der Waals surface area contributed by atoms with Crippen LogP contribution in [0.25, 0.3) is 0 Å². The van der Waals surface area contributed by atoms with Crippen molar-refractivity contribution in [2.24, 2.45) is 0 Å². The highest BCUT2D eigenvalue weighted by molar-refractivity contribution is 5.29. The quantitative estimate of drug-likeness (QED) is 0.880. The highest BCUT2D eigenvalue weighted by Gasteiger charge is 2.21. The van der Waals surface area contributed by atoms with Gasteiger partial charge in [0.15, 0.2) is 0 Å². The van der Waals surface area contributed by atoms with Crippen molar-refractivity contribution in [1.29, 1.82) is 0 Å². The Balaban J connectivity index is 1.71. The van der Waals surface area contributed by atoms with E-state index >= 15 is 0 Å². The van der Waals surface area contributed by atoms with Gasteiger partial charge < -0.3 is 10.1 Å². The molecule has 0 unspecified atom stereocenters. The smallest absolute Gasteiger partial charge is 0.226 e. The second kappa shape index (κ2) is 4.83. The van der Waals surface area contributed by atoms with Gasteiger partial charge in [-0.3, -0.25) is 0 Å². The van der Waals surface area contributed by atoms with E-state index in [0.29, 0.717) is 11.8 Å².